The summed E-state index contributed by atoms with van der Waals surface area (Å²) in [6.07, 6.45) is 0.298. The molecule has 0 aromatic heterocycles. The van der Waals surface area contributed by atoms with Crippen molar-refractivity contribution in [2.75, 3.05) is 51.1 Å². The SMILES string of the molecule is CC(CN(CC(=O)OC(C)(C)C)CC(Cc1ccc(NC(=O)CCCC(=O)O)cc1)N(CC(=O)OC(C)(C)C)CC(=O)OC(C)(C)C)N(CC(=O)OC(C)(C)C)CC(=O)OC(C)(C)C. The predicted molar refractivity (Wildman–Crippen MR) is 242 cm³/mol. The van der Waals surface area contributed by atoms with Gasteiger partial charge in [-0.25, -0.2) is 0 Å². The molecule has 0 aliphatic rings. The zero-order chi connectivity index (χ0) is 49.4. The molecule has 364 valence electrons. The van der Waals surface area contributed by atoms with E-state index in [4.69, 9.17) is 28.8 Å². The lowest BCUT2D eigenvalue weighted by Crippen LogP contribution is -2.54. The van der Waals surface area contributed by atoms with E-state index in [1.807, 2.05) is 0 Å². The molecule has 2 N–H and O–H groups in total. The van der Waals surface area contributed by atoms with Crippen LogP contribution < -0.4 is 5.32 Å². The van der Waals surface area contributed by atoms with Gasteiger partial charge in [-0.3, -0.25) is 48.3 Å². The molecule has 0 saturated carbocycles. The Bertz CT molecular complexity index is 1650. The molecule has 0 saturated heterocycles. The molecule has 0 spiro atoms. The van der Waals surface area contributed by atoms with Crippen LogP contribution in [-0.4, -0.2) is 147 Å². The van der Waals surface area contributed by atoms with Crippen LogP contribution in [0.25, 0.3) is 0 Å². The molecule has 17 nitrogen and oxygen atoms in total. The maximum Gasteiger partial charge on any atom is 0.320 e. The molecule has 0 heterocycles. The Kier molecular flexibility index (Phi) is 22.1. The molecular formula is C47H78N4O13. The highest BCUT2D eigenvalue weighted by molar-refractivity contribution is 5.90. The third-order valence-corrected chi connectivity index (χ3v) is 8.42. The fourth-order valence-corrected chi connectivity index (χ4v) is 6.32. The van der Waals surface area contributed by atoms with E-state index in [9.17, 15) is 33.6 Å². The Balaban J connectivity index is 3.88. The maximum atomic E-state index is 13.6. The van der Waals surface area contributed by atoms with Gasteiger partial charge in [0, 0.05) is 43.7 Å². The van der Waals surface area contributed by atoms with E-state index in [-0.39, 0.29) is 77.4 Å². The van der Waals surface area contributed by atoms with Crippen LogP contribution in [0.15, 0.2) is 24.3 Å². The number of hydrogen-bond donors (Lipinski definition) is 2. The van der Waals surface area contributed by atoms with Crippen LogP contribution in [0.1, 0.15) is 136 Å². The fraction of sp³-hybridized carbons (Fsp3) is 0.723. The van der Waals surface area contributed by atoms with Crippen molar-refractivity contribution in [3.8, 4) is 0 Å². The zero-order valence-corrected chi connectivity index (χ0v) is 41.4. The summed E-state index contributed by atoms with van der Waals surface area (Å²) in [7, 11) is 0. The van der Waals surface area contributed by atoms with Crippen LogP contribution in [0.2, 0.25) is 0 Å². The van der Waals surface area contributed by atoms with Gasteiger partial charge in [0.1, 0.15) is 28.0 Å². The number of hydrogen-bond acceptors (Lipinski definition) is 15. The average Bonchev–Trinajstić information content (AvgIpc) is 3.03. The quantitative estimate of drug-likeness (QED) is 0.0984. The van der Waals surface area contributed by atoms with Gasteiger partial charge in [-0.15, -0.1) is 0 Å². The number of carboxylic acid groups (broad SMARTS) is 1. The van der Waals surface area contributed by atoms with Crippen LogP contribution in [0.3, 0.4) is 0 Å². The van der Waals surface area contributed by atoms with E-state index in [0.717, 1.165) is 5.56 Å². The minimum Gasteiger partial charge on any atom is -0.481 e. The molecule has 0 radical (unpaired) electrons. The summed E-state index contributed by atoms with van der Waals surface area (Å²) >= 11 is 0. The second-order valence-electron chi connectivity index (χ2n) is 21.1. The van der Waals surface area contributed by atoms with E-state index in [0.29, 0.717) is 5.69 Å². The Labute approximate surface area is 381 Å². The molecule has 1 amide bonds. The van der Waals surface area contributed by atoms with E-state index in [1.54, 1.807) is 150 Å². The average molecular weight is 907 g/mol. The maximum absolute atomic E-state index is 13.6. The number of amides is 1. The highest BCUT2D eigenvalue weighted by Gasteiger charge is 2.33. The van der Waals surface area contributed by atoms with Gasteiger partial charge >= 0.3 is 35.8 Å². The van der Waals surface area contributed by atoms with Crippen LogP contribution in [0, 0.1) is 0 Å². The third-order valence-electron chi connectivity index (χ3n) is 8.42. The third kappa shape index (κ3) is 28.2. The highest BCUT2D eigenvalue weighted by Crippen LogP contribution is 2.20. The van der Waals surface area contributed by atoms with Gasteiger partial charge in [-0.05, 0) is 141 Å². The van der Waals surface area contributed by atoms with Gasteiger partial charge in [0.25, 0.3) is 0 Å². The smallest absolute Gasteiger partial charge is 0.320 e. The first kappa shape index (κ1) is 57.4. The van der Waals surface area contributed by atoms with Crippen LogP contribution in [0.5, 0.6) is 0 Å². The van der Waals surface area contributed by atoms with Gasteiger partial charge in [-0.1, -0.05) is 12.1 Å². The molecule has 2 atom stereocenters. The van der Waals surface area contributed by atoms with Crippen molar-refractivity contribution in [1.29, 1.82) is 0 Å². The van der Waals surface area contributed by atoms with Crippen molar-refractivity contribution >= 4 is 47.4 Å². The number of aliphatic carboxylic acids is 1. The van der Waals surface area contributed by atoms with Crippen molar-refractivity contribution in [2.24, 2.45) is 0 Å². The lowest BCUT2D eigenvalue weighted by molar-refractivity contribution is -0.163. The fourth-order valence-electron chi connectivity index (χ4n) is 6.32. The molecular weight excluding hydrogens is 829 g/mol. The summed E-state index contributed by atoms with van der Waals surface area (Å²) in [4.78, 5) is 95.8. The number of rotatable bonds is 23. The summed E-state index contributed by atoms with van der Waals surface area (Å²) < 4.78 is 28.5. The monoisotopic (exact) mass is 907 g/mol. The second kappa shape index (κ2) is 24.6. The number of benzene rings is 1. The van der Waals surface area contributed by atoms with Crippen molar-refractivity contribution < 1.29 is 62.4 Å². The highest BCUT2D eigenvalue weighted by atomic mass is 16.6. The van der Waals surface area contributed by atoms with Gasteiger partial charge < -0.3 is 34.1 Å². The number of carbonyl (C=O) groups is 7. The van der Waals surface area contributed by atoms with E-state index < -0.39 is 75.9 Å². The van der Waals surface area contributed by atoms with Crippen LogP contribution in [-0.2, 0) is 63.7 Å². The number of nitrogens with one attached hydrogen (secondary N) is 1. The van der Waals surface area contributed by atoms with Crippen LogP contribution >= 0.6 is 0 Å². The summed E-state index contributed by atoms with van der Waals surface area (Å²) in [6, 6.07) is 5.69. The minimum absolute atomic E-state index is 0.0271. The van der Waals surface area contributed by atoms with Gasteiger partial charge in [-0.2, -0.15) is 0 Å². The van der Waals surface area contributed by atoms with Gasteiger partial charge in [0.15, 0.2) is 0 Å². The molecule has 64 heavy (non-hydrogen) atoms. The minimum atomic E-state index is -0.989. The Morgan fingerprint density at radius 1 is 0.531 bits per heavy atom. The Morgan fingerprint density at radius 3 is 1.25 bits per heavy atom. The van der Waals surface area contributed by atoms with Crippen molar-refractivity contribution in [3.05, 3.63) is 29.8 Å². The number of nitrogens with zero attached hydrogens (tertiary/aromatic N) is 3. The van der Waals surface area contributed by atoms with E-state index in [2.05, 4.69) is 5.32 Å². The molecule has 1 aromatic carbocycles. The van der Waals surface area contributed by atoms with E-state index in [1.165, 1.54) is 0 Å². The summed E-state index contributed by atoms with van der Waals surface area (Å²) in [5.74, 6) is -4.23. The number of anilines is 1. The molecule has 2 unspecified atom stereocenters. The molecule has 0 bridgehead atoms. The Hall–Kier alpha value is -4.61. The number of ether oxygens (including phenoxy) is 5. The van der Waals surface area contributed by atoms with Crippen LogP contribution in [0.4, 0.5) is 5.69 Å². The second-order valence-corrected chi connectivity index (χ2v) is 21.1. The molecule has 1 aromatic rings. The summed E-state index contributed by atoms with van der Waals surface area (Å²) in [6.45, 7) is 26.6. The normalized spacial score (nSPS) is 13.5. The first-order valence-corrected chi connectivity index (χ1v) is 21.9. The van der Waals surface area contributed by atoms with Crippen molar-refractivity contribution in [1.82, 2.24) is 14.7 Å². The first-order valence-electron chi connectivity index (χ1n) is 21.9. The van der Waals surface area contributed by atoms with Gasteiger partial charge in [0.2, 0.25) is 5.91 Å². The van der Waals surface area contributed by atoms with Crippen molar-refractivity contribution in [2.45, 2.75) is 177 Å². The number of carbonyl (C=O) groups excluding carboxylic acids is 6. The van der Waals surface area contributed by atoms with E-state index >= 15 is 0 Å². The summed E-state index contributed by atoms with van der Waals surface area (Å²) in [5, 5.41) is 11.7. The Morgan fingerprint density at radius 2 is 0.891 bits per heavy atom. The first-order chi connectivity index (χ1) is 29.0. The number of esters is 5. The lowest BCUT2D eigenvalue weighted by atomic mass is 10.0. The number of carboxylic acids is 1. The molecule has 0 fully saturated rings. The predicted octanol–water partition coefficient (Wildman–Crippen LogP) is 5.79. The largest absolute Gasteiger partial charge is 0.481 e. The summed E-state index contributed by atoms with van der Waals surface area (Å²) in [5.41, 5.74) is -2.90. The lowest BCUT2D eigenvalue weighted by Gasteiger charge is -2.38. The topological polar surface area (TPSA) is 208 Å². The standard InChI is InChI=1S/C47H78N4O13/c1-32(50(28-39(56)61-44(5,6)7)29-40(57)62-45(8,9)10)25-49(27-38(55)60-43(2,3)4)26-35(24-33-20-22-34(23-21-33)48-36(52)18-17-19-37(53)54)51(30-41(58)63-46(11,12)13)31-42(59)64-47(14,15)16/h20-23,32,35H,17-19,24-31H2,1-16H3,(H,48,52)(H,53,54). The zero-order valence-electron chi connectivity index (χ0n) is 41.4. The van der Waals surface area contributed by atoms with Crippen molar-refractivity contribution in [3.63, 3.8) is 0 Å². The van der Waals surface area contributed by atoms with Gasteiger partial charge in [0.05, 0.1) is 32.7 Å². The molecule has 0 aliphatic heterocycles. The molecule has 0 aliphatic carbocycles. The molecule has 17 heteroatoms. The molecule has 1 rings (SSSR count).